The first-order valence-corrected chi connectivity index (χ1v) is 6.06. The molecule has 2 aromatic rings. The van der Waals surface area contributed by atoms with Crippen molar-refractivity contribution >= 4 is 5.69 Å². The van der Waals surface area contributed by atoms with Crippen molar-refractivity contribution in [1.29, 1.82) is 0 Å². The summed E-state index contributed by atoms with van der Waals surface area (Å²) in [5.74, 6) is 7.03. The van der Waals surface area contributed by atoms with Crippen molar-refractivity contribution in [2.75, 3.05) is 12.5 Å². The predicted molar refractivity (Wildman–Crippen MR) is 76.3 cm³/mol. The molecule has 19 heavy (non-hydrogen) atoms. The number of aryl methyl sites for hydroxylation is 1. The molecule has 0 aromatic heterocycles. The summed E-state index contributed by atoms with van der Waals surface area (Å²) >= 11 is 0. The van der Waals surface area contributed by atoms with Gasteiger partial charge in [0.15, 0.2) is 0 Å². The molecular weight excluding hydrogens is 240 g/mol. The minimum Gasteiger partial charge on any atom is -0.496 e. The van der Waals surface area contributed by atoms with Crippen molar-refractivity contribution < 1.29 is 9.47 Å². The van der Waals surface area contributed by atoms with Gasteiger partial charge in [-0.3, -0.25) is 5.84 Å². The van der Waals surface area contributed by atoms with Gasteiger partial charge in [0.1, 0.15) is 18.1 Å². The molecule has 0 saturated heterocycles. The Morgan fingerprint density at radius 3 is 2.68 bits per heavy atom. The van der Waals surface area contributed by atoms with E-state index < -0.39 is 0 Å². The average Bonchev–Trinajstić information content (AvgIpc) is 2.45. The molecule has 0 saturated carbocycles. The fraction of sp³-hybridized carbons (Fsp3) is 0.200. The van der Waals surface area contributed by atoms with Gasteiger partial charge < -0.3 is 14.9 Å². The van der Waals surface area contributed by atoms with Crippen molar-refractivity contribution in [3.8, 4) is 11.5 Å². The first kappa shape index (κ1) is 13.2. The van der Waals surface area contributed by atoms with Crippen molar-refractivity contribution in [1.82, 2.24) is 0 Å². The van der Waals surface area contributed by atoms with Gasteiger partial charge in [-0.15, -0.1) is 0 Å². The Morgan fingerprint density at radius 2 is 2.00 bits per heavy atom. The average molecular weight is 258 g/mol. The van der Waals surface area contributed by atoms with E-state index >= 15 is 0 Å². The SMILES string of the molecule is COc1ccc(COc2cccc(NN)c2)cc1C. The molecule has 0 amide bonds. The van der Waals surface area contributed by atoms with Crippen LogP contribution in [-0.4, -0.2) is 7.11 Å². The first-order valence-electron chi connectivity index (χ1n) is 6.06. The summed E-state index contributed by atoms with van der Waals surface area (Å²) in [6.07, 6.45) is 0. The van der Waals surface area contributed by atoms with E-state index in [-0.39, 0.29) is 0 Å². The molecule has 100 valence electrons. The molecule has 0 radical (unpaired) electrons. The number of hydrazine groups is 1. The minimum absolute atomic E-state index is 0.513. The number of hydrogen-bond donors (Lipinski definition) is 2. The zero-order valence-electron chi connectivity index (χ0n) is 11.1. The number of nitrogens with two attached hydrogens (primary N) is 1. The highest BCUT2D eigenvalue weighted by molar-refractivity contribution is 5.47. The molecule has 2 rings (SSSR count). The quantitative estimate of drug-likeness (QED) is 0.639. The highest BCUT2D eigenvalue weighted by atomic mass is 16.5. The maximum atomic E-state index is 5.73. The van der Waals surface area contributed by atoms with Crippen LogP contribution in [0.3, 0.4) is 0 Å². The number of benzene rings is 2. The number of anilines is 1. The van der Waals surface area contributed by atoms with E-state index in [9.17, 15) is 0 Å². The van der Waals surface area contributed by atoms with E-state index in [1.165, 1.54) is 0 Å². The fourth-order valence-corrected chi connectivity index (χ4v) is 1.87. The van der Waals surface area contributed by atoms with E-state index in [1.807, 2.05) is 43.3 Å². The van der Waals surface area contributed by atoms with Gasteiger partial charge in [0.05, 0.1) is 12.8 Å². The lowest BCUT2D eigenvalue weighted by atomic mass is 10.1. The third-order valence-corrected chi connectivity index (χ3v) is 2.87. The zero-order valence-corrected chi connectivity index (χ0v) is 11.1. The maximum absolute atomic E-state index is 5.73. The van der Waals surface area contributed by atoms with Crippen LogP contribution in [0.25, 0.3) is 0 Å². The molecule has 2 aromatic carbocycles. The van der Waals surface area contributed by atoms with Crippen molar-refractivity contribution in [2.45, 2.75) is 13.5 Å². The second kappa shape index (κ2) is 6.11. The molecule has 4 nitrogen and oxygen atoms in total. The van der Waals surface area contributed by atoms with E-state index in [2.05, 4.69) is 11.5 Å². The van der Waals surface area contributed by atoms with Gasteiger partial charge in [-0.05, 0) is 42.3 Å². The van der Waals surface area contributed by atoms with Gasteiger partial charge in [0.2, 0.25) is 0 Å². The molecule has 0 bridgehead atoms. The van der Waals surface area contributed by atoms with E-state index in [4.69, 9.17) is 15.3 Å². The number of nitrogens with one attached hydrogen (secondary N) is 1. The summed E-state index contributed by atoms with van der Waals surface area (Å²) < 4.78 is 11.0. The van der Waals surface area contributed by atoms with Gasteiger partial charge in [-0.2, -0.15) is 0 Å². The largest absolute Gasteiger partial charge is 0.496 e. The Labute approximate surface area is 113 Å². The molecule has 3 N–H and O–H groups in total. The fourth-order valence-electron chi connectivity index (χ4n) is 1.87. The molecule has 0 aliphatic rings. The topological polar surface area (TPSA) is 56.5 Å². The van der Waals surface area contributed by atoms with Gasteiger partial charge in [0.25, 0.3) is 0 Å². The molecule has 0 fully saturated rings. The van der Waals surface area contributed by atoms with Crippen LogP contribution in [0.4, 0.5) is 5.69 Å². The molecule has 0 unspecified atom stereocenters. The van der Waals surface area contributed by atoms with Crippen LogP contribution in [0.1, 0.15) is 11.1 Å². The lowest BCUT2D eigenvalue weighted by Crippen LogP contribution is -2.06. The van der Waals surface area contributed by atoms with Crippen LogP contribution in [0, 0.1) is 6.92 Å². The molecule has 0 aliphatic heterocycles. The van der Waals surface area contributed by atoms with Crippen molar-refractivity contribution in [2.24, 2.45) is 5.84 Å². The maximum Gasteiger partial charge on any atom is 0.121 e. The number of ether oxygens (including phenoxy) is 2. The summed E-state index contributed by atoms with van der Waals surface area (Å²) in [5, 5.41) is 0. The van der Waals surface area contributed by atoms with Crippen LogP contribution in [0.2, 0.25) is 0 Å². The van der Waals surface area contributed by atoms with Gasteiger partial charge >= 0.3 is 0 Å². The standard InChI is InChI=1S/C15H18N2O2/c1-11-8-12(6-7-15(11)18-2)10-19-14-5-3-4-13(9-14)17-16/h3-9,17H,10,16H2,1-2H3. The molecule has 0 atom stereocenters. The monoisotopic (exact) mass is 258 g/mol. The van der Waals surface area contributed by atoms with Crippen molar-refractivity contribution in [3.05, 3.63) is 53.6 Å². The molecule has 0 aliphatic carbocycles. The highest BCUT2D eigenvalue weighted by Gasteiger charge is 2.01. The summed E-state index contributed by atoms with van der Waals surface area (Å²) in [5.41, 5.74) is 5.62. The summed E-state index contributed by atoms with van der Waals surface area (Å²) in [4.78, 5) is 0. The molecule has 0 spiro atoms. The van der Waals surface area contributed by atoms with Gasteiger partial charge in [-0.1, -0.05) is 12.1 Å². The van der Waals surface area contributed by atoms with Crippen LogP contribution in [0.5, 0.6) is 11.5 Å². The van der Waals surface area contributed by atoms with Crippen LogP contribution < -0.4 is 20.7 Å². The minimum atomic E-state index is 0.513. The van der Waals surface area contributed by atoms with Gasteiger partial charge in [-0.25, -0.2) is 0 Å². The molecular formula is C15H18N2O2. The summed E-state index contributed by atoms with van der Waals surface area (Å²) in [6.45, 7) is 2.53. The Hall–Kier alpha value is -2.20. The van der Waals surface area contributed by atoms with Crippen LogP contribution >= 0.6 is 0 Å². The second-order valence-electron chi connectivity index (χ2n) is 4.26. The predicted octanol–water partition coefficient (Wildman–Crippen LogP) is 2.87. The lowest BCUT2D eigenvalue weighted by molar-refractivity contribution is 0.306. The normalized spacial score (nSPS) is 10.1. The third kappa shape index (κ3) is 3.39. The Kier molecular flexibility index (Phi) is 4.26. The first-order chi connectivity index (χ1) is 9.22. The van der Waals surface area contributed by atoms with Gasteiger partial charge in [0, 0.05) is 6.07 Å². The lowest BCUT2D eigenvalue weighted by Gasteiger charge is -2.10. The summed E-state index contributed by atoms with van der Waals surface area (Å²) in [7, 11) is 1.67. The Morgan fingerprint density at radius 1 is 1.16 bits per heavy atom. The Balaban J connectivity index is 2.03. The van der Waals surface area contributed by atoms with Crippen LogP contribution in [0.15, 0.2) is 42.5 Å². The number of hydrogen-bond acceptors (Lipinski definition) is 4. The highest BCUT2D eigenvalue weighted by Crippen LogP contribution is 2.21. The van der Waals surface area contributed by atoms with Crippen molar-refractivity contribution in [3.63, 3.8) is 0 Å². The summed E-state index contributed by atoms with van der Waals surface area (Å²) in [6, 6.07) is 13.5. The Bertz CT molecular complexity index is 556. The number of rotatable bonds is 5. The number of nitrogen functional groups attached to an aromatic ring is 1. The smallest absolute Gasteiger partial charge is 0.121 e. The van der Waals surface area contributed by atoms with E-state index in [0.717, 1.165) is 28.3 Å². The molecule has 0 heterocycles. The van der Waals surface area contributed by atoms with Crippen LogP contribution in [-0.2, 0) is 6.61 Å². The third-order valence-electron chi connectivity index (χ3n) is 2.87. The van der Waals surface area contributed by atoms with E-state index in [0.29, 0.717) is 6.61 Å². The number of methoxy groups -OCH3 is 1. The van der Waals surface area contributed by atoms with E-state index in [1.54, 1.807) is 7.11 Å². The molecule has 4 heteroatoms. The zero-order chi connectivity index (χ0) is 13.7. The second-order valence-corrected chi connectivity index (χ2v) is 4.26.